The van der Waals surface area contributed by atoms with Gasteiger partial charge in [0.05, 0.1) is 18.1 Å². The fourth-order valence-corrected chi connectivity index (χ4v) is 1.49. The zero-order valence-electron chi connectivity index (χ0n) is 10.5. The summed E-state index contributed by atoms with van der Waals surface area (Å²) in [6.45, 7) is 3.03. The van der Waals surface area contributed by atoms with Crippen molar-refractivity contribution in [1.29, 1.82) is 0 Å². The lowest BCUT2D eigenvalue weighted by molar-refractivity contribution is -0.146. The highest BCUT2D eigenvalue weighted by molar-refractivity contribution is 5.89. The monoisotopic (exact) mass is 254 g/mol. The molecule has 0 radical (unpaired) electrons. The Kier molecular flexibility index (Phi) is 4.06. The second-order valence-electron chi connectivity index (χ2n) is 4.66. The molecule has 4 nitrogen and oxygen atoms in total. The Hall–Kier alpha value is -1.91. The summed E-state index contributed by atoms with van der Waals surface area (Å²) < 4.78 is 18.2. The Bertz CT molecular complexity index is 480. The first-order chi connectivity index (χ1) is 8.27. The third-order valence-electron chi connectivity index (χ3n) is 2.69. The highest BCUT2D eigenvalue weighted by atomic mass is 19.1. The van der Waals surface area contributed by atoms with Gasteiger partial charge in [-0.3, -0.25) is 4.79 Å². The van der Waals surface area contributed by atoms with Gasteiger partial charge in [-0.2, -0.15) is 0 Å². The summed E-state index contributed by atoms with van der Waals surface area (Å²) >= 11 is 0. The van der Waals surface area contributed by atoms with E-state index in [2.05, 4.69) is 4.74 Å². The molecule has 1 aromatic rings. The van der Waals surface area contributed by atoms with Crippen LogP contribution in [0.25, 0.3) is 0 Å². The molecule has 0 unspecified atom stereocenters. The Morgan fingerprint density at radius 2 is 2.00 bits per heavy atom. The average molecular weight is 254 g/mol. The maximum absolute atomic E-state index is 13.7. The molecule has 1 N–H and O–H groups in total. The lowest BCUT2D eigenvalue weighted by Gasteiger charge is -2.19. The molecule has 0 heterocycles. The van der Waals surface area contributed by atoms with E-state index in [0.29, 0.717) is 0 Å². The van der Waals surface area contributed by atoms with Crippen LogP contribution in [0, 0.1) is 11.2 Å². The predicted molar refractivity (Wildman–Crippen MR) is 62.9 cm³/mol. The molecule has 1 aromatic carbocycles. The molecule has 0 saturated heterocycles. The second kappa shape index (κ2) is 5.16. The molecule has 0 amide bonds. The quantitative estimate of drug-likeness (QED) is 0.837. The number of carboxylic acid groups (broad SMARTS) is 1. The molecule has 5 heteroatoms. The number of hydrogen-bond acceptors (Lipinski definition) is 3. The number of carboxylic acids is 1. The average Bonchev–Trinajstić information content (AvgIpc) is 2.30. The lowest BCUT2D eigenvalue weighted by atomic mass is 9.85. The molecule has 0 aliphatic heterocycles. The fourth-order valence-electron chi connectivity index (χ4n) is 1.49. The predicted octanol–water partition coefficient (Wildman–Crippen LogP) is 2.27. The van der Waals surface area contributed by atoms with Crippen LogP contribution in [0.4, 0.5) is 4.39 Å². The van der Waals surface area contributed by atoms with Gasteiger partial charge in [0.15, 0.2) is 0 Å². The summed E-state index contributed by atoms with van der Waals surface area (Å²) in [5.41, 5.74) is -0.699. The number of carbonyl (C=O) groups excluding carboxylic acids is 1. The van der Waals surface area contributed by atoms with E-state index in [1.165, 1.54) is 33.1 Å². The summed E-state index contributed by atoms with van der Waals surface area (Å²) in [5, 5.41) is 8.98. The first-order valence-electron chi connectivity index (χ1n) is 5.38. The molecule has 0 spiro atoms. The molecule has 0 aliphatic rings. The van der Waals surface area contributed by atoms with Gasteiger partial charge in [0.25, 0.3) is 0 Å². The number of methoxy groups -OCH3 is 1. The van der Waals surface area contributed by atoms with Crippen molar-refractivity contribution in [3.8, 4) is 0 Å². The van der Waals surface area contributed by atoms with E-state index in [9.17, 15) is 14.0 Å². The van der Waals surface area contributed by atoms with Crippen LogP contribution >= 0.6 is 0 Å². The normalized spacial score (nSPS) is 11.1. The maximum atomic E-state index is 13.7. The largest absolute Gasteiger partial charge is 0.481 e. The molecular weight excluding hydrogens is 239 g/mol. The summed E-state index contributed by atoms with van der Waals surface area (Å²) in [4.78, 5) is 22.1. The highest BCUT2D eigenvalue weighted by Crippen LogP contribution is 2.24. The van der Waals surface area contributed by atoms with E-state index in [4.69, 9.17) is 5.11 Å². The molecule has 1 rings (SSSR count). The van der Waals surface area contributed by atoms with Crippen LogP contribution in [0.5, 0.6) is 0 Å². The third-order valence-corrected chi connectivity index (χ3v) is 2.69. The van der Waals surface area contributed by atoms with E-state index in [1.807, 2.05) is 0 Å². The summed E-state index contributed by atoms with van der Waals surface area (Å²) in [5.74, 6) is -2.23. The summed E-state index contributed by atoms with van der Waals surface area (Å²) in [6.07, 6.45) is 0.0512. The molecule has 0 aliphatic carbocycles. The number of aliphatic carboxylic acids is 1. The van der Waals surface area contributed by atoms with Crippen molar-refractivity contribution in [3.63, 3.8) is 0 Å². The number of benzene rings is 1. The number of hydrogen-bond donors (Lipinski definition) is 1. The Balaban J connectivity index is 3.00. The molecule has 0 aromatic heterocycles. The topological polar surface area (TPSA) is 63.6 Å². The standard InChI is InChI=1S/C13H15FO4/c1-13(2,12(16)17)7-9-5-4-8(6-10(9)14)11(15)18-3/h4-6H,7H2,1-3H3,(H,16,17). The Morgan fingerprint density at radius 1 is 1.39 bits per heavy atom. The molecular formula is C13H15FO4. The second-order valence-corrected chi connectivity index (χ2v) is 4.66. The van der Waals surface area contributed by atoms with Crippen LogP contribution in [0.3, 0.4) is 0 Å². The van der Waals surface area contributed by atoms with E-state index in [1.54, 1.807) is 0 Å². The van der Waals surface area contributed by atoms with Crippen molar-refractivity contribution in [3.05, 3.63) is 35.1 Å². The van der Waals surface area contributed by atoms with E-state index < -0.39 is 23.2 Å². The Labute approximate surface area is 104 Å². The minimum absolute atomic E-state index is 0.0512. The molecule has 0 bridgehead atoms. The van der Waals surface area contributed by atoms with E-state index >= 15 is 0 Å². The lowest BCUT2D eigenvalue weighted by Crippen LogP contribution is -2.26. The highest BCUT2D eigenvalue weighted by Gasteiger charge is 2.28. The van der Waals surface area contributed by atoms with Gasteiger partial charge < -0.3 is 9.84 Å². The van der Waals surface area contributed by atoms with Crippen molar-refractivity contribution >= 4 is 11.9 Å². The van der Waals surface area contributed by atoms with Crippen molar-refractivity contribution in [2.24, 2.45) is 5.41 Å². The summed E-state index contributed by atoms with van der Waals surface area (Å²) in [6, 6.07) is 3.88. The Morgan fingerprint density at radius 3 is 2.44 bits per heavy atom. The molecule has 18 heavy (non-hydrogen) atoms. The van der Waals surface area contributed by atoms with Crippen LogP contribution in [0.15, 0.2) is 18.2 Å². The minimum atomic E-state index is -1.06. The number of ether oxygens (including phenoxy) is 1. The van der Waals surface area contributed by atoms with Crippen LogP contribution in [0.2, 0.25) is 0 Å². The first-order valence-corrected chi connectivity index (χ1v) is 5.38. The van der Waals surface area contributed by atoms with Gasteiger partial charge in [0, 0.05) is 0 Å². The fraction of sp³-hybridized carbons (Fsp3) is 0.385. The molecule has 98 valence electrons. The van der Waals surface area contributed by atoms with Gasteiger partial charge in [0.2, 0.25) is 0 Å². The number of rotatable bonds is 4. The zero-order valence-corrected chi connectivity index (χ0v) is 10.5. The number of halogens is 1. The van der Waals surface area contributed by atoms with Gasteiger partial charge in [-0.1, -0.05) is 6.07 Å². The van der Waals surface area contributed by atoms with Gasteiger partial charge in [0.1, 0.15) is 5.82 Å². The number of carbonyl (C=O) groups is 2. The van der Waals surface area contributed by atoms with Gasteiger partial charge in [-0.15, -0.1) is 0 Å². The number of esters is 1. The zero-order chi connectivity index (χ0) is 13.9. The molecule has 0 fully saturated rings. The van der Waals surface area contributed by atoms with Gasteiger partial charge in [-0.25, -0.2) is 9.18 Å². The molecule has 0 atom stereocenters. The smallest absolute Gasteiger partial charge is 0.337 e. The third kappa shape index (κ3) is 3.06. The van der Waals surface area contributed by atoms with Crippen LogP contribution in [-0.4, -0.2) is 24.2 Å². The van der Waals surface area contributed by atoms with Crippen molar-refractivity contribution in [2.75, 3.05) is 7.11 Å². The van der Waals surface area contributed by atoms with E-state index in [-0.39, 0.29) is 17.5 Å². The van der Waals surface area contributed by atoms with Crippen molar-refractivity contribution in [2.45, 2.75) is 20.3 Å². The van der Waals surface area contributed by atoms with Gasteiger partial charge in [-0.05, 0) is 38.0 Å². The van der Waals surface area contributed by atoms with Crippen LogP contribution in [0.1, 0.15) is 29.8 Å². The van der Waals surface area contributed by atoms with Crippen LogP contribution < -0.4 is 0 Å². The SMILES string of the molecule is COC(=O)c1ccc(CC(C)(C)C(=O)O)c(F)c1. The van der Waals surface area contributed by atoms with Crippen molar-refractivity contribution < 1.29 is 23.8 Å². The molecule has 0 saturated carbocycles. The first kappa shape index (κ1) is 14.2. The van der Waals surface area contributed by atoms with Crippen molar-refractivity contribution in [1.82, 2.24) is 0 Å². The van der Waals surface area contributed by atoms with Crippen LogP contribution in [-0.2, 0) is 16.0 Å². The maximum Gasteiger partial charge on any atom is 0.337 e. The van der Waals surface area contributed by atoms with E-state index in [0.717, 1.165) is 6.07 Å². The minimum Gasteiger partial charge on any atom is -0.481 e. The van der Waals surface area contributed by atoms with Gasteiger partial charge >= 0.3 is 11.9 Å². The summed E-state index contributed by atoms with van der Waals surface area (Å²) in [7, 11) is 1.21.